The number of rotatable bonds is 3. The molecule has 72 valence electrons. The minimum atomic E-state index is -0.00616. The van der Waals surface area contributed by atoms with E-state index in [1.807, 2.05) is 11.8 Å². The van der Waals surface area contributed by atoms with Gasteiger partial charge in [0.15, 0.2) is 0 Å². The van der Waals surface area contributed by atoms with E-state index in [-0.39, 0.29) is 6.10 Å². The minimum absolute atomic E-state index is 0.00616. The molecule has 1 aliphatic carbocycles. The molecule has 2 heteroatoms. The molecule has 3 unspecified atom stereocenters. The number of hydrogen-bond donors (Lipinski definition) is 1. The van der Waals surface area contributed by atoms with E-state index in [2.05, 4.69) is 13.2 Å². The van der Waals surface area contributed by atoms with Gasteiger partial charge in [-0.15, -0.1) is 0 Å². The fourth-order valence-corrected chi connectivity index (χ4v) is 2.60. The zero-order valence-corrected chi connectivity index (χ0v) is 8.94. The summed E-state index contributed by atoms with van der Waals surface area (Å²) >= 11 is 1.89. The summed E-state index contributed by atoms with van der Waals surface area (Å²) in [7, 11) is 0. The van der Waals surface area contributed by atoms with Crippen molar-refractivity contribution in [1.82, 2.24) is 0 Å². The number of hydrogen-bond acceptors (Lipinski definition) is 2. The number of thioether (sulfide) groups is 1. The first-order valence-electron chi connectivity index (χ1n) is 4.91. The Morgan fingerprint density at radius 3 is 2.83 bits per heavy atom. The molecule has 0 heterocycles. The van der Waals surface area contributed by atoms with E-state index in [9.17, 15) is 5.11 Å². The van der Waals surface area contributed by atoms with Crippen LogP contribution in [0, 0.1) is 11.8 Å². The maximum absolute atomic E-state index is 9.70. The summed E-state index contributed by atoms with van der Waals surface area (Å²) in [5.74, 6) is 2.62. The van der Waals surface area contributed by atoms with Gasteiger partial charge in [-0.25, -0.2) is 0 Å². The third-order valence-corrected chi connectivity index (χ3v) is 3.54. The van der Waals surface area contributed by atoms with Gasteiger partial charge in [0, 0.05) is 0 Å². The van der Waals surface area contributed by atoms with Crippen molar-refractivity contribution in [1.29, 1.82) is 0 Å². The van der Waals surface area contributed by atoms with Crippen molar-refractivity contribution in [2.24, 2.45) is 11.8 Å². The van der Waals surface area contributed by atoms with E-state index in [0.717, 1.165) is 12.3 Å². The fourth-order valence-electron chi connectivity index (χ4n) is 2.06. The van der Waals surface area contributed by atoms with Crippen molar-refractivity contribution >= 4 is 11.8 Å². The van der Waals surface area contributed by atoms with E-state index in [4.69, 9.17) is 0 Å². The van der Waals surface area contributed by atoms with Crippen LogP contribution in [0.1, 0.15) is 32.6 Å². The first-order chi connectivity index (χ1) is 5.74. The molecule has 0 aromatic heterocycles. The molecular weight excluding hydrogens is 168 g/mol. The smallest absolute Gasteiger partial charge is 0.0568 e. The fraction of sp³-hybridized carbons (Fsp3) is 1.00. The zero-order chi connectivity index (χ0) is 8.97. The Balaban J connectivity index is 2.28. The lowest BCUT2D eigenvalue weighted by atomic mass is 9.79. The van der Waals surface area contributed by atoms with Crippen LogP contribution < -0.4 is 0 Å². The van der Waals surface area contributed by atoms with E-state index in [1.165, 1.54) is 25.0 Å². The van der Waals surface area contributed by atoms with E-state index < -0.39 is 0 Å². The Morgan fingerprint density at radius 1 is 1.42 bits per heavy atom. The first kappa shape index (κ1) is 10.4. The molecule has 1 nitrogen and oxygen atoms in total. The summed E-state index contributed by atoms with van der Waals surface area (Å²) in [6.07, 6.45) is 6.82. The van der Waals surface area contributed by atoms with Crippen LogP contribution in [0.3, 0.4) is 0 Å². The minimum Gasteiger partial charge on any atom is -0.393 e. The molecule has 3 atom stereocenters. The van der Waals surface area contributed by atoms with Gasteiger partial charge in [-0.05, 0) is 49.5 Å². The third kappa shape index (κ3) is 2.98. The first-order valence-corrected chi connectivity index (χ1v) is 6.30. The lowest BCUT2D eigenvalue weighted by Gasteiger charge is -2.31. The molecule has 1 N–H and O–H groups in total. The summed E-state index contributed by atoms with van der Waals surface area (Å²) in [5.41, 5.74) is 0. The Hall–Kier alpha value is 0.310. The molecule has 1 fully saturated rings. The molecule has 1 rings (SSSR count). The molecule has 0 radical (unpaired) electrons. The molecule has 0 amide bonds. The van der Waals surface area contributed by atoms with E-state index in [0.29, 0.717) is 5.92 Å². The predicted octanol–water partition coefficient (Wildman–Crippen LogP) is 2.54. The van der Waals surface area contributed by atoms with Crippen LogP contribution in [0.2, 0.25) is 0 Å². The second-order valence-corrected chi connectivity index (χ2v) is 5.01. The molecule has 0 spiro atoms. The van der Waals surface area contributed by atoms with Crippen LogP contribution in [0.15, 0.2) is 0 Å². The molecule has 12 heavy (non-hydrogen) atoms. The van der Waals surface area contributed by atoms with Crippen molar-refractivity contribution in [3.8, 4) is 0 Å². The van der Waals surface area contributed by atoms with Gasteiger partial charge < -0.3 is 5.11 Å². The van der Waals surface area contributed by atoms with Gasteiger partial charge in [0.25, 0.3) is 0 Å². The Bertz CT molecular complexity index is 127. The topological polar surface area (TPSA) is 20.2 Å². The van der Waals surface area contributed by atoms with Gasteiger partial charge in [-0.2, -0.15) is 11.8 Å². The highest BCUT2D eigenvalue weighted by molar-refractivity contribution is 7.98. The molecule has 0 aromatic carbocycles. The van der Waals surface area contributed by atoms with Gasteiger partial charge in [-0.1, -0.05) is 6.92 Å². The van der Waals surface area contributed by atoms with Crippen molar-refractivity contribution in [3.63, 3.8) is 0 Å². The van der Waals surface area contributed by atoms with Crippen LogP contribution >= 0.6 is 11.8 Å². The average Bonchev–Trinajstić information content (AvgIpc) is 2.07. The van der Waals surface area contributed by atoms with Crippen molar-refractivity contribution in [2.45, 2.75) is 38.7 Å². The van der Waals surface area contributed by atoms with Crippen LogP contribution in [0.5, 0.6) is 0 Å². The SMILES string of the molecule is CSCCC1CC(C)CCC1O. The van der Waals surface area contributed by atoms with Crippen LogP contribution in [-0.4, -0.2) is 23.2 Å². The maximum atomic E-state index is 9.70. The largest absolute Gasteiger partial charge is 0.393 e. The second kappa shape index (κ2) is 5.13. The predicted molar refractivity (Wildman–Crippen MR) is 55.5 cm³/mol. The van der Waals surface area contributed by atoms with Crippen LogP contribution in [0.25, 0.3) is 0 Å². The Labute approximate surface area is 79.9 Å². The van der Waals surface area contributed by atoms with Gasteiger partial charge in [0.1, 0.15) is 0 Å². The van der Waals surface area contributed by atoms with Gasteiger partial charge in [-0.3, -0.25) is 0 Å². The van der Waals surface area contributed by atoms with E-state index in [1.54, 1.807) is 0 Å². The number of aliphatic hydroxyl groups excluding tert-OH is 1. The summed E-state index contributed by atoms with van der Waals surface area (Å²) in [6, 6.07) is 0. The summed E-state index contributed by atoms with van der Waals surface area (Å²) in [6.45, 7) is 2.30. The van der Waals surface area contributed by atoms with Crippen molar-refractivity contribution in [2.75, 3.05) is 12.0 Å². The highest BCUT2D eigenvalue weighted by Crippen LogP contribution is 2.31. The van der Waals surface area contributed by atoms with Crippen LogP contribution in [0.4, 0.5) is 0 Å². The highest BCUT2D eigenvalue weighted by Gasteiger charge is 2.26. The molecule has 1 saturated carbocycles. The quantitative estimate of drug-likeness (QED) is 0.734. The molecule has 1 aliphatic rings. The van der Waals surface area contributed by atoms with Crippen molar-refractivity contribution < 1.29 is 5.11 Å². The van der Waals surface area contributed by atoms with Gasteiger partial charge in [0.05, 0.1) is 6.10 Å². The van der Waals surface area contributed by atoms with Crippen molar-refractivity contribution in [3.05, 3.63) is 0 Å². The Kier molecular flexibility index (Phi) is 4.44. The third-order valence-electron chi connectivity index (χ3n) is 2.90. The zero-order valence-electron chi connectivity index (χ0n) is 8.12. The lowest BCUT2D eigenvalue weighted by Crippen LogP contribution is -2.28. The Morgan fingerprint density at radius 2 is 2.17 bits per heavy atom. The highest BCUT2D eigenvalue weighted by atomic mass is 32.2. The van der Waals surface area contributed by atoms with E-state index >= 15 is 0 Å². The standard InChI is InChI=1S/C10H20OS/c1-8-3-4-10(11)9(7-8)5-6-12-2/h8-11H,3-7H2,1-2H3. The summed E-state index contributed by atoms with van der Waals surface area (Å²) in [4.78, 5) is 0. The summed E-state index contributed by atoms with van der Waals surface area (Å²) in [5, 5.41) is 9.70. The number of aliphatic hydroxyl groups is 1. The molecule has 0 aromatic rings. The lowest BCUT2D eigenvalue weighted by molar-refractivity contribution is 0.0505. The normalized spacial score (nSPS) is 36.8. The van der Waals surface area contributed by atoms with Gasteiger partial charge in [0.2, 0.25) is 0 Å². The van der Waals surface area contributed by atoms with Gasteiger partial charge >= 0.3 is 0 Å². The second-order valence-electron chi connectivity index (χ2n) is 4.03. The molecule has 0 aliphatic heterocycles. The average molecular weight is 188 g/mol. The summed E-state index contributed by atoms with van der Waals surface area (Å²) < 4.78 is 0. The maximum Gasteiger partial charge on any atom is 0.0568 e. The molecule has 0 bridgehead atoms. The molecule has 0 saturated heterocycles. The van der Waals surface area contributed by atoms with Crippen LogP contribution in [-0.2, 0) is 0 Å². The monoisotopic (exact) mass is 188 g/mol. The molecular formula is C10H20OS.